The maximum absolute atomic E-state index is 13.4. The van der Waals surface area contributed by atoms with Gasteiger partial charge in [0.15, 0.2) is 0 Å². The summed E-state index contributed by atoms with van der Waals surface area (Å²) in [6.07, 6.45) is 1.33. The second-order valence-electron chi connectivity index (χ2n) is 11.4. The van der Waals surface area contributed by atoms with Gasteiger partial charge in [-0.2, -0.15) is 4.31 Å². The molecular weight excluding hydrogens is 606 g/mol. The first-order valence-electron chi connectivity index (χ1n) is 14.9. The van der Waals surface area contributed by atoms with Crippen molar-refractivity contribution in [2.45, 2.75) is 60.1 Å². The van der Waals surface area contributed by atoms with Crippen LogP contribution in [0.15, 0.2) is 70.5 Å². The highest BCUT2D eigenvalue weighted by molar-refractivity contribution is 7.89. The highest BCUT2D eigenvalue weighted by atomic mass is 32.2. The monoisotopic (exact) mass is 647 g/mol. The third-order valence-electron chi connectivity index (χ3n) is 8.37. The molecule has 2 atom stereocenters. The molecule has 1 spiro atoms. The van der Waals surface area contributed by atoms with Crippen LogP contribution >= 0.6 is 0 Å². The zero-order chi connectivity index (χ0) is 31.4. The number of primary sulfonamides is 1. The molecule has 0 aliphatic carbocycles. The van der Waals surface area contributed by atoms with Crippen LogP contribution in [0.2, 0.25) is 0 Å². The van der Waals surface area contributed by atoms with Crippen LogP contribution in [0.4, 0.5) is 0 Å². The van der Waals surface area contributed by atoms with Crippen LogP contribution in [0.25, 0.3) is 10.8 Å². The number of benzene rings is 3. The van der Waals surface area contributed by atoms with E-state index in [1.807, 2.05) is 37.3 Å². The van der Waals surface area contributed by atoms with Crippen molar-refractivity contribution in [1.82, 2.24) is 9.62 Å². The zero-order valence-electron chi connectivity index (χ0n) is 24.9. The highest BCUT2D eigenvalue weighted by Gasteiger charge is 2.44. The summed E-state index contributed by atoms with van der Waals surface area (Å²) < 4.78 is 70.0. The molecule has 11 nitrogen and oxygen atoms in total. The minimum Gasteiger partial charge on any atom is -0.491 e. The summed E-state index contributed by atoms with van der Waals surface area (Å²) in [5.74, 6) is 0.337. The van der Waals surface area contributed by atoms with Crippen LogP contribution in [0, 0.1) is 0 Å². The van der Waals surface area contributed by atoms with E-state index in [4.69, 9.17) is 19.3 Å². The highest BCUT2D eigenvalue weighted by Crippen LogP contribution is 2.37. The van der Waals surface area contributed by atoms with Crippen LogP contribution in [-0.4, -0.2) is 90.1 Å². The molecule has 5 rings (SSSR count). The number of aliphatic hydroxyl groups excluding tert-OH is 1. The first-order chi connectivity index (χ1) is 21.0. The molecule has 4 N–H and O–H groups in total. The third-order valence-corrected chi connectivity index (χ3v) is 11.3. The Morgan fingerprint density at radius 2 is 1.82 bits per heavy atom. The topological polar surface area (TPSA) is 157 Å². The normalized spacial score (nSPS) is 19.8. The summed E-state index contributed by atoms with van der Waals surface area (Å²) in [6, 6.07) is 17.6. The molecule has 0 amide bonds. The number of nitrogens with zero attached hydrogens (tertiary/aromatic N) is 1. The van der Waals surface area contributed by atoms with Gasteiger partial charge in [-0.15, -0.1) is 0 Å². The van der Waals surface area contributed by atoms with Gasteiger partial charge in [0.05, 0.1) is 28.6 Å². The van der Waals surface area contributed by atoms with E-state index in [9.17, 15) is 21.9 Å². The van der Waals surface area contributed by atoms with Crippen molar-refractivity contribution in [2.75, 3.05) is 46.1 Å². The number of rotatable bonds is 13. The number of sulfonamides is 2. The summed E-state index contributed by atoms with van der Waals surface area (Å²) in [5.41, 5.74) is 0.0155. The van der Waals surface area contributed by atoms with E-state index in [2.05, 4.69) is 5.32 Å². The zero-order valence-corrected chi connectivity index (χ0v) is 26.5. The fourth-order valence-electron chi connectivity index (χ4n) is 5.99. The molecule has 0 bridgehead atoms. The van der Waals surface area contributed by atoms with E-state index in [1.54, 1.807) is 28.6 Å². The van der Waals surface area contributed by atoms with Gasteiger partial charge >= 0.3 is 0 Å². The van der Waals surface area contributed by atoms with Gasteiger partial charge < -0.3 is 24.6 Å². The first-order valence-corrected chi connectivity index (χ1v) is 17.9. The van der Waals surface area contributed by atoms with Crippen LogP contribution < -0.4 is 15.2 Å². The second-order valence-corrected chi connectivity index (χ2v) is 14.9. The first kappa shape index (κ1) is 32.8. The van der Waals surface area contributed by atoms with E-state index in [0.717, 1.165) is 10.8 Å². The molecule has 3 aromatic carbocycles. The summed E-state index contributed by atoms with van der Waals surface area (Å²) in [7, 11) is -7.58. The van der Waals surface area contributed by atoms with Gasteiger partial charge in [-0.1, -0.05) is 36.4 Å². The van der Waals surface area contributed by atoms with Gasteiger partial charge in [-0.3, -0.25) is 0 Å². The Morgan fingerprint density at radius 3 is 2.55 bits per heavy atom. The fraction of sp³-hybridized carbons (Fsp3) is 0.484. The largest absolute Gasteiger partial charge is 0.491 e. The van der Waals surface area contributed by atoms with Gasteiger partial charge in [-0.05, 0) is 61.2 Å². The van der Waals surface area contributed by atoms with Crippen LogP contribution in [-0.2, 0) is 35.9 Å². The molecule has 44 heavy (non-hydrogen) atoms. The Kier molecular flexibility index (Phi) is 10.3. The molecule has 240 valence electrons. The molecule has 2 aliphatic rings. The molecule has 2 heterocycles. The summed E-state index contributed by atoms with van der Waals surface area (Å²) in [5, 5.41) is 21.3. The lowest BCUT2D eigenvalue weighted by Gasteiger charge is -2.38. The minimum atomic E-state index is -3.96. The lowest BCUT2D eigenvalue weighted by molar-refractivity contribution is -0.0312. The van der Waals surface area contributed by atoms with E-state index in [-0.39, 0.29) is 24.1 Å². The average molecular weight is 648 g/mol. The van der Waals surface area contributed by atoms with E-state index in [0.29, 0.717) is 74.8 Å². The molecule has 0 saturated carbocycles. The van der Waals surface area contributed by atoms with Gasteiger partial charge in [-0.25, -0.2) is 22.0 Å². The number of fused-ring (bicyclic) bond motifs is 1. The molecule has 1 unspecified atom stereocenters. The van der Waals surface area contributed by atoms with Crippen molar-refractivity contribution in [3.05, 3.63) is 66.2 Å². The molecular formula is C31H41N3O8S2. The minimum absolute atomic E-state index is 0.000703. The fourth-order valence-corrected chi connectivity index (χ4v) is 8.29. The number of hydrogen-bond donors (Lipinski definition) is 3. The van der Waals surface area contributed by atoms with Crippen LogP contribution in [0.5, 0.6) is 5.75 Å². The number of nitrogens with two attached hydrogens (primary N) is 1. The maximum atomic E-state index is 13.4. The maximum Gasteiger partial charge on any atom is 0.243 e. The van der Waals surface area contributed by atoms with Crippen molar-refractivity contribution in [3.8, 4) is 5.75 Å². The van der Waals surface area contributed by atoms with Gasteiger partial charge in [0.2, 0.25) is 20.0 Å². The molecule has 2 saturated heterocycles. The Labute approximate surface area is 259 Å². The number of nitrogens with one attached hydrogen (secondary N) is 1. The van der Waals surface area contributed by atoms with Gasteiger partial charge in [0.25, 0.3) is 0 Å². The predicted octanol–water partition coefficient (Wildman–Crippen LogP) is 2.41. The van der Waals surface area contributed by atoms with E-state index >= 15 is 0 Å². The SMILES string of the molecule is CCOCCc1c(OC[C@@H](O)CNC2COC3(CCN(S(=O)(=O)c4ccc5ccccc5c4)CC3)C2)cccc1S(N)(=O)=O. The smallest absolute Gasteiger partial charge is 0.243 e. The lowest BCUT2D eigenvalue weighted by atomic mass is 9.88. The summed E-state index contributed by atoms with van der Waals surface area (Å²) >= 11 is 0. The van der Waals surface area contributed by atoms with Crippen molar-refractivity contribution in [1.29, 1.82) is 0 Å². The Bertz CT molecular complexity index is 1660. The van der Waals surface area contributed by atoms with Crippen molar-refractivity contribution < 1.29 is 36.2 Å². The number of aliphatic hydroxyl groups is 1. The standard InChI is InChI=1S/C31H41N3O8S2/c1-2-40-17-12-28-29(8-5-9-30(28)43(32,36)37)41-22-26(35)20-33-25-19-31(42-21-25)13-15-34(16-14-31)44(38,39)27-11-10-23-6-3-4-7-24(23)18-27/h3-11,18,25-26,33,35H,2,12-17,19-22H2,1H3,(H2,32,36,37)/t25?,26-/m0/s1. The number of ether oxygens (including phenoxy) is 3. The van der Waals surface area contributed by atoms with Crippen molar-refractivity contribution in [3.63, 3.8) is 0 Å². The van der Waals surface area contributed by atoms with Crippen molar-refractivity contribution >= 4 is 30.8 Å². The third kappa shape index (κ3) is 7.60. The Hall–Kier alpha value is -2.62. The van der Waals surface area contributed by atoms with Crippen molar-refractivity contribution in [2.24, 2.45) is 5.14 Å². The lowest BCUT2D eigenvalue weighted by Crippen LogP contribution is -2.47. The molecule has 3 aromatic rings. The van der Waals surface area contributed by atoms with E-state index in [1.165, 1.54) is 6.07 Å². The van der Waals surface area contributed by atoms with Gasteiger partial charge in [0.1, 0.15) is 18.5 Å². The second kappa shape index (κ2) is 13.8. The van der Waals surface area contributed by atoms with Crippen LogP contribution in [0.3, 0.4) is 0 Å². The van der Waals surface area contributed by atoms with Gasteiger partial charge in [0, 0.05) is 44.3 Å². The quantitative estimate of drug-likeness (QED) is 0.237. The Morgan fingerprint density at radius 1 is 1.07 bits per heavy atom. The molecule has 0 radical (unpaired) electrons. The van der Waals surface area contributed by atoms with Crippen LogP contribution in [0.1, 0.15) is 31.7 Å². The molecule has 13 heteroatoms. The number of piperidine rings is 1. The Balaban J connectivity index is 1.11. The van der Waals surface area contributed by atoms with E-state index < -0.39 is 31.8 Å². The molecule has 0 aromatic heterocycles. The number of hydrogen-bond acceptors (Lipinski definition) is 9. The summed E-state index contributed by atoms with van der Waals surface area (Å²) in [6.45, 7) is 4.06. The summed E-state index contributed by atoms with van der Waals surface area (Å²) in [4.78, 5) is 0.278. The predicted molar refractivity (Wildman–Crippen MR) is 167 cm³/mol. The molecule has 2 aliphatic heterocycles. The average Bonchev–Trinajstić information content (AvgIpc) is 3.40. The molecule has 2 fully saturated rings.